The minimum atomic E-state index is 0.0855. The Kier molecular flexibility index (Phi) is 3.95. The highest BCUT2D eigenvalue weighted by Gasteiger charge is 2.14. The molecule has 3 rings (SSSR count). The quantitative estimate of drug-likeness (QED) is 0.683. The molecule has 0 saturated carbocycles. The van der Waals surface area contributed by atoms with Crippen molar-refractivity contribution in [2.75, 3.05) is 11.9 Å². The molecule has 3 nitrogen and oxygen atoms in total. The van der Waals surface area contributed by atoms with Gasteiger partial charge in [-0.15, -0.1) is 0 Å². The van der Waals surface area contributed by atoms with E-state index in [1.165, 1.54) is 5.56 Å². The molecule has 2 aromatic carbocycles. The van der Waals surface area contributed by atoms with Crippen LogP contribution >= 0.6 is 0 Å². The van der Waals surface area contributed by atoms with Gasteiger partial charge in [-0.2, -0.15) is 0 Å². The highest BCUT2D eigenvalue weighted by molar-refractivity contribution is 6.09. The SMILES string of the molecule is CC(C)(C)c1ccc(NCC(=O)c2c[nH]c3ccccc23)cc1. The smallest absolute Gasteiger partial charge is 0.183 e. The number of nitrogens with one attached hydrogen (secondary N) is 2. The van der Waals surface area contributed by atoms with Crippen molar-refractivity contribution < 1.29 is 4.79 Å². The number of ketones is 1. The number of H-pyrrole nitrogens is 1. The van der Waals surface area contributed by atoms with Crippen LogP contribution in [0.4, 0.5) is 5.69 Å². The van der Waals surface area contributed by atoms with Gasteiger partial charge in [0.05, 0.1) is 6.54 Å². The molecular weight excluding hydrogens is 284 g/mol. The fraction of sp³-hybridized carbons (Fsp3) is 0.250. The van der Waals surface area contributed by atoms with Gasteiger partial charge in [0.15, 0.2) is 5.78 Å². The first kappa shape index (κ1) is 15.3. The van der Waals surface area contributed by atoms with Gasteiger partial charge in [0.25, 0.3) is 0 Å². The Hall–Kier alpha value is -2.55. The molecule has 0 amide bonds. The Bertz CT molecular complexity index is 823. The highest BCUT2D eigenvalue weighted by atomic mass is 16.1. The third kappa shape index (κ3) is 3.29. The van der Waals surface area contributed by atoms with E-state index in [1.807, 2.05) is 36.4 Å². The molecule has 2 N–H and O–H groups in total. The summed E-state index contributed by atoms with van der Waals surface area (Å²) in [7, 11) is 0. The minimum absolute atomic E-state index is 0.0855. The first-order valence-corrected chi connectivity index (χ1v) is 7.89. The predicted octanol–water partition coefficient (Wildman–Crippen LogP) is 4.76. The molecule has 118 valence electrons. The normalized spacial score (nSPS) is 11.6. The molecule has 0 bridgehead atoms. The number of anilines is 1. The maximum atomic E-state index is 12.4. The van der Waals surface area contributed by atoms with Gasteiger partial charge < -0.3 is 10.3 Å². The molecule has 0 fully saturated rings. The molecule has 0 spiro atoms. The summed E-state index contributed by atoms with van der Waals surface area (Å²) in [5.41, 5.74) is 4.11. The topological polar surface area (TPSA) is 44.9 Å². The summed E-state index contributed by atoms with van der Waals surface area (Å²) < 4.78 is 0. The molecule has 0 saturated heterocycles. The highest BCUT2D eigenvalue weighted by Crippen LogP contribution is 2.23. The van der Waals surface area contributed by atoms with E-state index in [9.17, 15) is 4.79 Å². The van der Waals surface area contributed by atoms with Crippen LogP contribution in [-0.2, 0) is 5.41 Å². The zero-order valence-corrected chi connectivity index (χ0v) is 13.8. The van der Waals surface area contributed by atoms with Crippen LogP contribution in [0.5, 0.6) is 0 Å². The third-order valence-corrected chi connectivity index (χ3v) is 4.09. The molecule has 23 heavy (non-hydrogen) atoms. The van der Waals surface area contributed by atoms with Crippen LogP contribution in [0.25, 0.3) is 10.9 Å². The lowest BCUT2D eigenvalue weighted by molar-refractivity contribution is 0.101. The Morgan fingerprint density at radius 3 is 2.43 bits per heavy atom. The number of benzene rings is 2. The fourth-order valence-electron chi connectivity index (χ4n) is 2.67. The van der Waals surface area contributed by atoms with Gasteiger partial charge in [0.2, 0.25) is 0 Å². The molecule has 0 radical (unpaired) electrons. The summed E-state index contributed by atoms with van der Waals surface area (Å²) >= 11 is 0. The first-order chi connectivity index (χ1) is 10.9. The number of rotatable bonds is 4. The van der Waals surface area contributed by atoms with E-state index in [4.69, 9.17) is 0 Å². The number of hydrogen-bond acceptors (Lipinski definition) is 2. The predicted molar refractivity (Wildman–Crippen MR) is 96.3 cm³/mol. The maximum Gasteiger partial charge on any atom is 0.183 e. The van der Waals surface area contributed by atoms with Crippen LogP contribution in [0.2, 0.25) is 0 Å². The number of para-hydroxylation sites is 1. The van der Waals surface area contributed by atoms with Crippen molar-refractivity contribution in [2.24, 2.45) is 0 Å². The number of carbonyl (C=O) groups excluding carboxylic acids is 1. The lowest BCUT2D eigenvalue weighted by atomic mass is 9.87. The fourth-order valence-corrected chi connectivity index (χ4v) is 2.67. The maximum absolute atomic E-state index is 12.4. The summed E-state index contributed by atoms with van der Waals surface area (Å²) in [5.74, 6) is 0.0855. The molecule has 3 aromatic rings. The Labute approximate surface area is 136 Å². The van der Waals surface area contributed by atoms with E-state index in [1.54, 1.807) is 6.20 Å². The Morgan fingerprint density at radius 1 is 1.04 bits per heavy atom. The minimum Gasteiger partial charge on any atom is -0.378 e. The van der Waals surface area contributed by atoms with Crippen molar-refractivity contribution in [3.63, 3.8) is 0 Å². The van der Waals surface area contributed by atoms with Crippen molar-refractivity contribution in [2.45, 2.75) is 26.2 Å². The number of carbonyl (C=O) groups is 1. The summed E-state index contributed by atoms with van der Waals surface area (Å²) in [6.07, 6.45) is 1.79. The number of fused-ring (bicyclic) bond motifs is 1. The van der Waals surface area contributed by atoms with Gasteiger partial charge in [-0.05, 0) is 29.2 Å². The molecule has 3 heteroatoms. The van der Waals surface area contributed by atoms with Gasteiger partial charge in [0, 0.05) is 28.4 Å². The van der Waals surface area contributed by atoms with Gasteiger partial charge >= 0.3 is 0 Å². The molecule has 1 aromatic heterocycles. The second kappa shape index (κ2) is 5.92. The Balaban J connectivity index is 1.69. The second-order valence-electron chi connectivity index (χ2n) is 6.85. The third-order valence-electron chi connectivity index (χ3n) is 4.09. The van der Waals surface area contributed by atoms with E-state index >= 15 is 0 Å². The largest absolute Gasteiger partial charge is 0.378 e. The summed E-state index contributed by atoms with van der Waals surface area (Å²) in [5, 5.41) is 4.19. The van der Waals surface area contributed by atoms with Crippen molar-refractivity contribution in [3.8, 4) is 0 Å². The zero-order chi connectivity index (χ0) is 16.4. The summed E-state index contributed by atoms with van der Waals surface area (Å²) in [6, 6.07) is 16.1. The van der Waals surface area contributed by atoms with E-state index in [0.29, 0.717) is 0 Å². The molecular formula is C20H22N2O. The van der Waals surface area contributed by atoms with E-state index in [-0.39, 0.29) is 17.7 Å². The molecule has 0 atom stereocenters. The second-order valence-corrected chi connectivity index (χ2v) is 6.85. The van der Waals surface area contributed by atoms with E-state index in [0.717, 1.165) is 22.2 Å². The number of aromatic nitrogens is 1. The average Bonchev–Trinajstić information content (AvgIpc) is 2.96. The van der Waals surface area contributed by atoms with Crippen LogP contribution in [-0.4, -0.2) is 17.3 Å². The lowest BCUT2D eigenvalue weighted by Crippen LogP contribution is -2.14. The van der Waals surface area contributed by atoms with Crippen molar-refractivity contribution in [1.82, 2.24) is 4.98 Å². The number of aromatic amines is 1. The number of Topliss-reactive ketones (excluding diaryl/α,β-unsaturated/α-hetero) is 1. The summed E-state index contributed by atoms with van der Waals surface area (Å²) in [6.45, 7) is 6.86. The van der Waals surface area contributed by atoms with Gasteiger partial charge in [-0.25, -0.2) is 0 Å². The molecule has 0 aliphatic rings. The standard InChI is InChI=1S/C20H22N2O/c1-20(2,3)14-8-10-15(11-9-14)21-13-19(23)17-12-22-18-7-5-4-6-16(17)18/h4-12,21-22H,13H2,1-3H3. The van der Waals surface area contributed by atoms with Crippen molar-refractivity contribution >= 4 is 22.4 Å². The van der Waals surface area contributed by atoms with Gasteiger partial charge in [-0.3, -0.25) is 4.79 Å². The zero-order valence-electron chi connectivity index (χ0n) is 13.8. The Morgan fingerprint density at radius 2 is 1.74 bits per heavy atom. The van der Waals surface area contributed by atoms with Crippen LogP contribution in [0, 0.1) is 0 Å². The van der Waals surface area contributed by atoms with Crippen molar-refractivity contribution in [3.05, 3.63) is 65.9 Å². The van der Waals surface area contributed by atoms with Crippen LogP contribution in [0.1, 0.15) is 36.7 Å². The molecule has 0 aliphatic heterocycles. The lowest BCUT2D eigenvalue weighted by Gasteiger charge is -2.19. The van der Waals surface area contributed by atoms with Crippen LogP contribution < -0.4 is 5.32 Å². The monoisotopic (exact) mass is 306 g/mol. The number of hydrogen-bond donors (Lipinski definition) is 2. The summed E-state index contributed by atoms with van der Waals surface area (Å²) in [4.78, 5) is 15.6. The van der Waals surface area contributed by atoms with Gasteiger partial charge in [0.1, 0.15) is 0 Å². The van der Waals surface area contributed by atoms with E-state index in [2.05, 4.69) is 43.2 Å². The molecule has 0 aliphatic carbocycles. The van der Waals surface area contributed by atoms with Crippen LogP contribution in [0.15, 0.2) is 54.7 Å². The molecule has 0 unspecified atom stereocenters. The first-order valence-electron chi connectivity index (χ1n) is 7.89. The van der Waals surface area contributed by atoms with Gasteiger partial charge in [-0.1, -0.05) is 51.1 Å². The molecule has 1 heterocycles. The van der Waals surface area contributed by atoms with E-state index < -0.39 is 0 Å². The average molecular weight is 306 g/mol. The van der Waals surface area contributed by atoms with Crippen molar-refractivity contribution in [1.29, 1.82) is 0 Å². The van der Waals surface area contributed by atoms with Crippen LogP contribution in [0.3, 0.4) is 0 Å².